The van der Waals surface area contributed by atoms with Crippen molar-refractivity contribution in [3.8, 4) is 5.75 Å². The second-order valence-corrected chi connectivity index (χ2v) is 5.72. The van der Waals surface area contributed by atoms with Crippen LogP contribution in [0.25, 0.3) is 11.0 Å². The maximum Gasteiger partial charge on any atom is 0.201 e. The number of fused-ring (bicyclic) bond motifs is 1. The van der Waals surface area contributed by atoms with Crippen molar-refractivity contribution in [1.29, 1.82) is 0 Å². The lowest BCUT2D eigenvalue weighted by Crippen LogP contribution is -2.11. The number of nitrogen functional groups attached to an aromatic ring is 1. The molecular weight excluding hydrogens is 258 g/mol. The first-order chi connectivity index (χ1) is 9.19. The van der Waals surface area contributed by atoms with Gasteiger partial charge in [0.1, 0.15) is 11.3 Å². The van der Waals surface area contributed by atoms with Crippen molar-refractivity contribution < 1.29 is 4.74 Å². The van der Waals surface area contributed by atoms with Crippen molar-refractivity contribution in [2.45, 2.75) is 26.8 Å². The van der Waals surface area contributed by atoms with E-state index in [-0.39, 0.29) is 0 Å². The van der Waals surface area contributed by atoms with Gasteiger partial charge in [0.25, 0.3) is 0 Å². The predicted octanol–water partition coefficient (Wildman–Crippen LogP) is 3.33. The van der Waals surface area contributed by atoms with Crippen LogP contribution in [-0.4, -0.2) is 27.7 Å². The normalized spacial score (nSPS) is 12.8. The lowest BCUT2D eigenvalue weighted by atomic mass is 10.2. The summed E-state index contributed by atoms with van der Waals surface area (Å²) in [5, 5.41) is 0. The Hall–Kier alpha value is -1.36. The van der Waals surface area contributed by atoms with Crippen LogP contribution in [0.1, 0.15) is 26.8 Å². The van der Waals surface area contributed by atoms with Crippen molar-refractivity contribution in [2.75, 3.05) is 23.8 Å². The summed E-state index contributed by atoms with van der Waals surface area (Å²) in [7, 11) is 0. The summed E-state index contributed by atoms with van der Waals surface area (Å²) < 4.78 is 7.71. The van der Waals surface area contributed by atoms with Gasteiger partial charge in [0, 0.05) is 11.8 Å². The molecular formula is C14H21N3OS. The molecule has 0 bridgehead atoms. The van der Waals surface area contributed by atoms with Gasteiger partial charge >= 0.3 is 0 Å². The van der Waals surface area contributed by atoms with Gasteiger partial charge in [-0.2, -0.15) is 11.8 Å². The molecule has 1 atom stereocenters. The van der Waals surface area contributed by atoms with Gasteiger partial charge in [-0.05, 0) is 31.7 Å². The summed E-state index contributed by atoms with van der Waals surface area (Å²) >= 11 is 1.91. The first-order valence-corrected chi connectivity index (χ1v) is 7.81. The molecule has 104 valence electrons. The summed E-state index contributed by atoms with van der Waals surface area (Å²) in [5.41, 5.74) is 7.98. The second kappa shape index (κ2) is 6.19. The van der Waals surface area contributed by atoms with Crippen molar-refractivity contribution in [3.05, 3.63) is 18.2 Å². The molecule has 0 aliphatic carbocycles. The van der Waals surface area contributed by atoms with E-state index in [0.29, 0.717) is 18.6 Å². The van der Waals surface area contributed by atoms with Gasteiger partial charge in [-0.1, -0.05) is 13.0 Å². The first kappa shape index (κ1) is 14.1. The number of hydrogen-bond donors (Lipinski definition) is 1. The maximum atomic E-state index is 6.08. The van der Waals surface area contributed by atoms with E-state index in [0.717, 1.165) is 28.3 Å². The lowest BCUT2D eigenvalue weighted by molar-refractivity contribution is 0.343. The zero-order chi connectivity index (χ0) is 13.8. The molecule has 0 aliphatic rings. The molecule has 2 N–H and O–H groups in total. The SMILES string of the molecule is CCOc1cccc2c1nc(N)n2C(C)CSCC. The summed E-state index contributed by atoms with van der Waals surface area (Å²) in [4.78, 5) is 4.47. The molecule has 0 radical (unpaired) electrons. The molecule has 2 rings (SSSR count). The zero-order valence-electron chi connectivity index (χ0n) is 11.7. The lowest BCUT2D eigenvalue weighted by Gasteiger charge is -2.15. The summed E-state index contributed by atoms with van der Waals surface area (Å²) in [5.74, 6) is 3.51. The average Bonchev–Trinajstić information content (AvgIpc) is 2.73. The molecule has 0 fully saturated rings. The molecule has 1 heterocycles. The second-order valence-electron chi connectivity index (χ2n) is 4.41. The van der Waals surface area contributed by atoms with Crippen molar-refractivity contribution >= 4 is 28.7 Å². The van der Waals surface area contributed by atoms with Crippen LogP contribution in [0.3, 0.4) is 0 Å². The third kappa shape index (κ3) is 2.81. The fourth-order valence-corrected chi connectivity index (χ4v) is 2.93. The maximum absolute atomic E-state index is 6.08. The number of benzene rings is 1. The van der Waals surface area contributed by atoms with E-state index in [1.807, 2.05) is 36.9 Å². The number of thioether (sulfide) groups is 1. The van der Waals surface area contributed by atoms with Crippen LogP contribution in [0.5, 0.6) is 5.75 Å². The van der Waals surface area contributed by atoms with Crippen LogP contribution in [0, 0.1) is 0 Å². The first-order valence-electron chi connectivity index (χ1n) is 6.66. The molecule has 0 aliphatic heterocycles. The van der Waals surface area contributed by atoms with E-state index in [2.05, 4.69) is 23.4 Å². The Morgan fingerprint density at radius 1 is 1.42 bits per heavy atom. The molecule has 0 saturated carbocycles. The topological polar surface area (TPSA) is 53.1 Å². The Morgan fingerprint density at radius 3 is 2.89 bits per heavy atom. The van der Waals surface area contributed by atoms with Gasteiger partial charge in [-0.25, -0.2) is 4.98 Å². The van der Waals surface area contributed by atoms with Crippen molar-refractivity contribution in [1.82, 2.24) is 9.55 Å². The monoisotopic (exact) mass is 279 g/mol. The third-order valence-electron chi connectivity index (χ3n) is 3.01. The van der Waals surface area contributed by atoms with E-state index < -0.39 is 0 Å². The van der Waals surface area contributed by atoms with Gasteiger partial charge in [0.05, 0.1) is 12.1 Å². The van der Waals surface area contributed by atoms with Gasteiger partial charge < -0.3 is 15.0 Å². The van der Waals surface area contributed by atoms with Gasteiger partial charge in [0.15, 0.2) is 0 Å². The predicted molar refractivity (Wildman–Crippen MR) is 83.0 cm³/mol. The minimum absolute atomic E-state index is 0.326. The van der Waals surface area contributed by atoms with E-state index in [1.165, 1.54) is 0 Å². The fourth-order valence-electron chi connectivity index (χ4n) is 2.21. The molecule has 19 heavy (non-hydrogen) atoms. The highest BCUT2D eigenvalue weighted by Crippen LogP contribution is 2.30. The van der Waals surface area contributed by atoms with Crippen LogP contribution >= 0.6 is 11.8 Å². The van der Waals surface area contributed by atoms with Crippen molar-refractivity contribution in [2.24, 2.45) is 0 Å². The highest BCUT2D eigenvalue weighted by atomic mass is 32.2. The van der Waals surface area contributed by atoms with Crippen LogP contribution < -0.4 is 10.5 Å². The molecule has 5 heteroatoms. The number of imidazole rings is 1. The fraction of sp³-hybridized carbons (Fsp3) is 0.500. The van der Waals surface area contributed by atoms with E-state index in [4.69, 9.17) is 10.5 Å². The van der Waals surface area contributed by atoms with Crippen LogP contribution in [0.2, 0.25) is 0 Å². The third-order valence-corrected chi connectivity index (χ3v) is 4.14. The Bertz CT molecular complexity index is 553. The summed E-state index contributed by atoms with van der Waals surface area (Å²) in [6.07, 6.45) is 0. The standard InChI is InChI=1S/C14H21N3OS/c1-4-18-12-8-6-7-11-13(12)16-14(15)17(11)10(3)9-19-5-2/h6-8,10H,4-5,9H2,1-3H3,(H2,15,16). The Balaban J connectivity index is 2.44. The number of rotatable bonds is 6. The van der Waals surface area contributed by atoms with Crippen LogP contribution in [-0.2, 0) is 0 Å². The Labute approximate surface area is 118 Å². The van der Waals surface area contributed by atoms with E-state index in [9.17, 15) is 0 Å². The molecule has 0 saturated heterocycles. The highest BCUT2D eigenvalue weighted by molar-refractivity contribution is 7.99. The van der Waals surface area contributed by atoms with Gasteiger partial charge in [-0.3, -0.25) is 0 Å². The Morgan fingerprint density at radius 2 is 2.21 bits per heavy atom. The van der Waals surface area contributed by atoms with Crippen LogP contribution in [0.4, 0.5) is 5.95 Å². The largest absolute Gasteiger partial charge is 0.492 e. The molecule has 0 spiro atoms. The molecule has 4 nitrogen and oxygen atoms in total. The molecule has 1 aromatic heterocycles. The van der Waals surface area contributed by atoms with Crippen LogP contribution in [0.15, 0.2) is 18.2 Å². The van der Waals surface area contributed by atoms with E-state index >= 15 is 0 Å². The molecule has 1 unspecified atom stereocenters. The van der Waals surface area contributed by atoms with Gasteiger partial charge in [-0.15, -0.1) is 0 Å². The smallest absolute Gasteiger partial charge is 0.201 e. The number of aromatic nitrogens is 2. The van der Waals surface area contributed by atoms with Gasteiger partial charge in [0.2, 0.25) is 5.95 Å². The highest BCUT2D eigenvalue weighted by Gasteiger charge is 2.16. The average molecular weight is 279 g/mol. The zero-order valence-corrected chi connectivity index (χ0v) is 12.5. The number of ether oxygens (including phenoxy) is 1. The summed E-state index contributed by atoms with van der Waals surface area (Å²) in [6.45, 7) is 6.94. The molecule has 2 aromatic rings. The minimum atomic E-state index is 0.326. The van der Waals surface area contributed by atoms with Crippen molar-refractivity contribution in [3.63, 3.8) is 0 Å². The minimum Gasteiger partial charge on any atom is -0.492 e. The number of para-hydroxylation sites is 1. The molecule has 1 aromatic carbocycles. The van der Waals surface area contributed by atoms with E-state index in [1.54, 1.807) is 0 Å². The number of nitrogens with zero attached hydrogens (tertiary/aromatic N) is 2. The quantitative estimate of drug-likeness (QED) is 0.881. The number of anilines is 1. The number of nitrogens with two attached hydrogens (primary N) is 1. The summed E-state index contributed by atoms with van der Waals surface area (Å²) in [6, 6.07) is 6.30. The number of hydrogen-bond acceptors (Lipinski definition) is 4. The molecule has 0 amide bonds. The Kier molecular flexibility index (Phi) is 4.58.